The fourth-order valence-electron chi connectivity index (χ4n) is 1.81. The van der Waals surface area contributed by atoms with Crippen molar-refractivity contribution in [2.75, 3.05) is 14.2 Å². The van der Waals surface area contributed by atoms with E-state index in [1.807, 2.05) is 48.5 Å². The number of hydrogen-bond donors (Lipinski definition) is 1. The first kappa shape index (κ1) is 14.3. The smallest absolute Gasteiger partial charge is 0.119 e. The zero-order valence-corrected chi connectivity index (χ0v) is 12.4. The predicted molar refractivity (Wildman–Crippen MR) is 84.5 cm³/mol. The first-order valence-electron chi connectivity index (χ1n) is 6.28. The molecule has 0 saturated heterocycles. The zero-order chi connectivity index (χ0) is 14.4. The van der Waals surface area contributed by atoms with Gasteiger partial charge in [-0.2, -0.15) is 0 Å². The van der Waals surface area contributed by atoms with E-state index < -0.39 is 0 Å². The van der Waals surface area contributed by atoms with Gasteiger partial charge in [-0.1, -0.05) is 24.4 Å². The number of ether oxygens (including phenoxy) is 2. The summed E-state index contributed by atoms with van der Waals surface area (Å²) in [6.45, 7) is 0.669. The molecule has 0 aromatic heterocycles. The van der Waals surface area contributed by atoms with Gasteiger partial charge in [0.25, 0.3) is 0 Å². The highest BCUT2D eigenvalue weighted by Crippen LogP contribution is 2.14. The predicted octanol–water partition coefficient (Wildman–Crippen LogP) is 3.17. The second kappa shape index (κ2) is 6.91. The van der Waals surface area contributed by atoms with E-state index >= 15 is 0 Å². The maximum atomic E-state index is 5.38. The van der Waals surface area contributed by atoms with Crippen molar-refractivity contribution in [2.24, 2.45) is 0 Å². The second-order valence-corrected chi connectivity index (χ2v) is 4.67. The molecule has 0 aliphatic rings. The first-order chi connectivity index (χ1) is 9.72. The lowest BCUT2D eigenvalue weighted by Crippen LogP contribution is -2.21. The summed E-state index contributed by atoms with van der Waals surface area (Å²) in [5.41, 5.74) is 2.10. The Morgan fingerprint density at radius 2 is 1.70 bits per heavy atom. The van der Waals surface area contributed by atoms with E-state index in [-0.39, 0.29) is 0 Å². The van der Waals surface area contributed by atoms with E-state index in [1.54, 1.807) is 14.2 Å². The van der Waals surface area contributed by atoms with Crippen LogP contribution in [0.1, 0.15) is 11.1 Å². The van der Waals surface area contributed by atoms with Crippen molar-refractivity contribution in [3.8, 4) is 11.5 Å². The average Bonchev–Trinajstić information content (AvgIpc) is 2.53. The quantitative estimate of drug-likeness (QED) is 0.856. The summed E-state index contributed by atoms with van der Waals surface area (Å²) in [5.74, 6) is 1.67. The van der Waals surface area contributed by atoms with Gasteiger partial charge in [-0.3, -0.25) is 0 Å². The van der Waals surface area contributed by atoms with E-state index in [0.29, 0.717) is 6.54 Å². The fraction of sp³-hybridized carbons (Fsp3) is 0.188. The van der Waals surface area contributed by atoms with Gasteiger partial charge in [0.05, 0.1) is 14.2 Å². The lowest BCUT2D eigenvalue weighted by Gasteiger charge is -2.09. The van der Waals surface area contributed by atoms with Crippen LogP contribution in [-0.4, -0.2) is 19.2 Å². The van der Waals surface area contributed by atoms with Crippen LogP contribution >= 0.6 is 12.2 Å². The van der Waals surface area contributed by atoms with Crippen molar-refractivity contribution < 1.29 is 9.47 Å². The summed E-state index contributed by atoms with van der Waals surface area (Å²) in [4.78, 5) is 0.718. The maximum Gasteiger partial charge on any atom is 0.119 e. The number of methoxy groups -OCH3 is 2. The van der Waals surface area contributed by atoms with Crippen LogP contribution in [0.15, 0.2) is 48.5 Å². The molecule has 0 radical (unpaired) electrons. The first-order valence-corrected chi connectivity index (χ1v) is 6.69. The Bertz CT molecular complexity index is 581. The highest BCUT2D eigenvalue weighted by molar-refractivity contribution is 7.80. The molecule has 2 aromatic carbocycles. The topological polar surface area (TPSA) is 30.5 Å². The molecule has 3 nitrogen and oxygen atoms in total. The van der Waals surface area contributed by atoms with Crippen molar-refractivity contribution in [2.45, 2.75) is 6.54 Å². The number of rotatable bonds is 5. The van der Waals surface area contributed by atoms with Crippen LogP contribution < -0.4 is 14.8 Å². The number of thiocarbonyl (C=S) groups is 1. The second-order valence-electron chi connectivity index (χ2n) is 4.26. The Labute approximate surface area is 124 Å². The molecular weight excluding hydrogens is 270 g/mol. The van der Waals surface area contributed by atoms with Gasteiger partial charge in [0.1, 0.15) is 16.5 Å². The van der Waals surface area contributed by atoms with Gasteiger partial charge < -0.3 is 14.8 Å². The van der Waals surface area contributed by atoms with Crippen molar-refractivity contribution in [3.63, 3.8) is 0 Å². The monoisotopic (exact) mass is 287 g/mol. The Hall–Kier alpha value is -2.07. The summed E-state index contributed by atoms with van der Waals surface area (Å²) >= 11 is 5.38. The van der Waals surface area contributed by atoms with E-state index in [1.165, 1.54) is 0 Å². The molecule has 20 heavy (non-hydrogen) atoms. The lowest BCUT2D eigenvalue weighted by atomic mass is 10.2. The molecule has 0 amide bonds. The molecule has 2 aromatic rings. The summed E-state index contributed by atoms with van der Waals surface area (Å²) in [6.07, 6.45) is 0. The SMILES string of the molecule is COc1ccc(C(=S)NCc2cccc(OC)c2)cc1. The molecule has 0 fully saturated rings. The van der Waals surface area contributed by atoms with Crippen molar-refractivity contribution in [3.05, 3.63) is 59.7 Å². The van der Waals surface area contributed by atoms with Crippen LogP contribution in [-0.2, 0) is 6.54 Å². The van der Waals surface area contributed by atoms with Gasteiger partial charge in [-0.15, -0.1) is 0 Å². The van der Waals surface area contributed by atoms with Gasteiger partial charge in [0, 0.05) is 12.1 Å². The standard InChI is InChI=1S/C16H17NO2S/c1-18-14-8-6-13(7-9-14)16(20)17-11-12-4-3-5-15(10-12)19-2/h3-10H,11H2,1-2H3,(H,17,20). The van der Waals surface area contributed by atoms with E-state index in [9.17, 15) is 0 Å². The molecule has 0 heterocycles. The third-order valence-electron chi connectivity index (χ3n) is 2.94. The molecule has 0 bridgehead atoms. The Kier molecular flexibility index (Phi) is 4.96. The van der Waals surface area contributed by atoms with Crippen LogP contribution in [0.2, 0.25) is 0 Å². The summed E-state index contributed by atoms with van der Waals surface area (Å²) < 4.78 is 10.3. The van der Waals surface area contributed by atoms with Gasteiger partial charge >= 0.3 is 0 Å². The largest absolute Gasteiger partial charge is 0.497 e. The third-order valence-corrected chi connectivity index (χ3v) is 3.32. The number of nitrogens with one attached hydrogen (secondary N) is 1. The van der Waals surface area contributed by atoms with Crippen LogP contribution in [0.3, 0.4) is 0 Å². The lowest BCUT2D eigenvalue weighted by molar-refractivity contribution is 0.414. The van der Waals surface area contributed by atoms with Gasteiger partial charge in [0.2, 0.25) is 0 Å². The number of benzene rings is 2. The fourth-order valence-corrected chi connectivity index (χ4v) is 2.02. The summed E-state index contributed by atoms with van der Waals surface area (Å²) in [6, 6.07) is 15.6. The minimum Gasteiger partial charge on any atom is -0.497 e. The van der Waals surface area contributed by atoms with Gasteiger partial charge in [0.15, 0.2) is 0 Å². The van der Waals surface area contributed by atoms with E-state index in [4.69, 9.17) is 21.7 Å². The normalized spacial score (nSPS) is 9.90. The Balaban J connectivity index is 1.97. The molecular formula is C16H17NO2S. The molecule has 104 valence electrons. The summed E-state index contributed by atoms with van der Waals surface area (Å²) in [5, 5.41) is 3.24. The van der Waals surface area contributed by atoms with Crippen LogP contribution in [0.4, 0.5) is 0 Å². The molecule has 1 N–H and O–H groups in total. The number of hydrogen-bond acceptors (Lipinski definition) is 3. The molecule has 2 rings (SSSR count). The van der Waals surface area contributed by atoms with Crippen LogP contribution in [0, 0.1) is 0 Å². The highest BCUT2D eigenvalue weighted by Gasteiger charge is 2.02. The third kappa shape index (κ3) is 3.71. The minimum atomic E-state index is 0.669. The van der Waals surface area contributed by atoms with Crippen LogP contribution in [0.25, 0.3) is 0 Å². The van der Waals surface area contributed by atoms with Gasteiger partial charge in [-0.05, 0) is 42.0 Å². The molecule has 0 unspecified atom stereocenters. The average molecular weight is 287 g/mol. The Morgan fingerprint density at radius 3 is 2.35 bits per heavy atom. The molecule has 0 atom stereocenters. The van der Waals surface area contributed by atoms with E-state index in [0.717, 1.165) is 27.6 Å². The van der Waals surface area contributed by atoms with Crippen LogP contribution in [0.5, 0.6) is 11.5 Å². The molecule has 0 saturated carbocycles. The van der Waals surface area contributed by atoms with Gasteiger partial charge in [-0.25, -0.2) is 0 Å². The molecule has 4 heteroatoms. The van der Waals surface area contributed by atoms with Crippen molar-refractivity contribution in [1.29, 1.82) is 0 Å². The molecule has 0 spiro atoms. The summed E-state index contributed by atoms with van der Waals surface area (Å²) in [7, 11) is 3.31. The van der Waals surface area contributed by atoms with E-state index in [2.05, 4.69) is 5.32 Å². The maximum absolute atomic E-state index is 5.38. The molecule has 0 aliphatic heterocycles. The molecule has 0 aliphatic carbocycles. The Morgan fingerprint density at radius 1 is 1.00 bits per heavy atom. The minimum absolute atomic E-state index is 0.669. The van der Waals surface area contributed by atoms with Crippen molar-refractivity contribution >= 4 is 17.2 Å². The van der Waals surface area contributed by atoms with Crippen molar-refractivity contribution in [1.82, 2.24) is 5.32 Å². The highest BCUT2D eigenvalue weighted by atomic mass is 32.1. The zero-order valence-electron chi connectivity index (χ0n) is 11.6.